The molecule has 0 bridgehead atoms. The van der Waals surface area contributed by atoms with Crippen LogP contribution in [-0.2, 0) is 0 Å². The molecule has 2 rings (SSSR count). The fourth-order valence-corrected chi connectivity index (χ4v) is 3.04. The van der Waals surface area contributed by atoms with Crippen molar-refractivity contribution in [1.29, 1.82) is 0 Å². The van der Waals surface area contributed by atoms with Crippen LogP contribution in [0.3, 0.4) is 0 Å². The van der Waals surface area contributed by atoms with Crippen molar-refractivity contribution >= 4 is 0 Å². The van der Waals surface area contributed by atoms with Gasteiger partial charge in [0.15, 0.2) is 0 Å². The van der Waals surface area contributed by atoms with Crippen molar-refractivity contribution in [3.8, 4) is 0 Å². The molecule has 3 atom stereocenters. The topological polar surface area (TPSA) is 35.5 Å². The molecule has 2 heterocycles. The van der Waals surface area contributed by atoms with Crippen LogP contribution < -0.4 is 5.32 Å². The number of hydrogen-bond acceptors (Lipinski definition) is 3. The Kier molecular flexibility index (Phi) is 3.88. The van der Waals surface area contributed by atoms with Gasteiger partial charge in [0.05, 0.1) is 5.60 Å². The smallest absolute Gasteiger partial charge is 0.0758 e. The second-order valence-corrected chi connectivity index (χ2v) is 5.95. The van der Waals surface area contributed by atoms with Crippen LogP contribution in [0.5, 0.6) is 0 Å². The second-order valence-electron chi connectivity index (χ2n) is 5.95. The first-order chi connectivity index (χ1) is 7.57. The highest BCUT2D eigenvalue weighted by molar-refractivity contribution is 4.89. The van der Waals surface area contributed by atoms with Gasteiger partial charge in [0.1, 0.15) is 0 Å². The minimum absolute atomic E-state index is 0.450. The summed E-state index contributed by atoms with van der Waals surface area (Å²) in [6.45, 7) is 7.35. The zero-order valence-corrected chi connectivity index (χ0v) is 10.7. The van der Waals surface area contributed by atoms with E-state index in [9.17, 15) is 5.11 Å². The van der Waals surface area contributed by atoms with E-state index >= 15 is 0 Å². The summed E-state index contributed by atoms with van der Waals surface area (Å²) >= 11 is 0. The first-order valence-electron chi connectivity index (χ1n) is 6.77. The summed E-state index contributed by atoms with van der Waals surface area (Å²) in [5.74, 6) is 0. The third kappa shape index (κ3) is 3.19. The van der Waals surface area contributed by atoms with E-state index in [0.717, 1.165) is 19.5 Å². The number of hydrogen-bond donors (Lipinski definition) is 2. The number of nitrogens with zero attached hydrogens (tertiary/aromatic N) is 1. The van der Waals surface area contributed by atoms with E-state index in [1.807, 2.05) is 6.92 Å². The number of likely N-dealkylation sites (tertiary alicyclic amines) is 1. The maximum atomic E-state index is 9.96. The maximum Gasteiger partial charge on any atom is 0.0758 e. The summed E-state index contributed by atoms with van der Waals surface area (Å²) in [6.07, 6.45) is 6.20. The van der Waals surface area contributed by atoms with Crippen molar-refractivity contribution in [3.05, 3.63) is 0 Å². The Morgan fingerprint density at radius 1 is 1.50 bits per heavy atom. The lowest BCUT2D eigenvalue weighted by Crippen LogP contribution is -2.42. The average molecular weight is 226 g/mol. The van der Waals surface area contributed by atoms with Gasteiger partial charge in [-0.25, -0.2) is 0 Å². The summed E-state index contributed by atoms with van der Waals surface area (Å²) in [4.78, 5) is 2.44. The summed E-state index contributed by atoms with van der Waals surface area (Å²) in [7, 11) is 0. The van der Waals surface area contributed by atoms with E-state index in [-0.39, 0.29) is 0 Å². The van der Waals surface area contributed by atoms with Crippen LogP contribution in [0.15, 0.2) is 0 Å². The first kappa shape index (κ1) is 12.3. The van der Waals surface area contributed by atoms with E-state index in [2.05, 4.69) is 17.1 Å². The van der Waals surface area contributed by atoms with Crippen LogP contribution in [0.1, 0.15) is 46.0 Å². The fraction of sp³-hybridized carbons (Fsp3) is 1.00. The van der Waals surface area contributed by atoms with Gasteiger partial charge in [-0.2, -0.15) is 0 Å². The second kappa shape index (κ2) is 5.03. The molecule has 0 spiro atoms. The largest absolute Gasteiger partial charge is 0.389 e. The lowest BCUT2D eigenvalue weighted by atomic mass is 9.98. The highest BCUT2D eigenvalue weighted by Crippen LogP contribution is 2.24. The molecular weight excluding hydrogens is 200 g/mol. The molecule has 0 amide bonds. The molecule has 3 heteroatoms. The molecule has 16 heavy (non-hydrogen) atoms. The molecule has 94 valence electrons. The van der Waals surface area contributed by atoms with Gasteiger partial charge in [0.25, 0.3) is 0 Å². The van der Waals surface area contributed by atoms with Gasteiger partial charge in [0.2, 0.25) is 0 Å². The van der Waals surface area contributed by atoms with E-state index in [4.69, 9.17) is 0 Å². The van der Waals surface area contributed by atoms with Crippen molar-refractivity contribution in [3.63, 3.8) is 0 Å². The number of β-amino-alcohol motifs (C(OH)–C–C–N with tert-alkyl or cyclic N) is 1. The first-order valence-corrected chi connectivity index (χ1v) is 6.77. The molecule has 0 aromatic carbocycles. The third-order valence-corrected chi connectivity index (χ3v) is 4.14. The number of piperidine rings is 1. The Morgan fingerprint density at radius 2 is 2.31 bits per heavy atom. The summed E-state index contributed by atoms with van der Waals surface area (Å²) < 4.78 is 0. The van der Waals surface area contributed by atoms with Crippen molar-refractivity contribution in [1.82, 2.24) is 10.2 Å². The van der Waals surface area contributed by atoms with Gasteiger partial charge in [0, 0.05) is 25.2 Å². The van der Waals surface area contributed by atoms with Crippen molar-refractivity contribution in [2.24, 2.45) is 0 Å². The zero-order chi connectivity index (χ0) is 11.6. The SMILES string of the molecule is CC(CC1CCCCN1)N1CCC(C)(O)C1. The van der Waals surface area contributed by atoms with Gasteiger partial charge >= 0.3 is 0 Å². The molecule has 3 unspecified atom stereocenters. The highest BCUT2D eigenvalue weighted by atomic mass is 16.3. The van der Waals surface area contributed by atoms with Gasteiger partial charge in [-0.3, -0.25) is 4.90 Å². The molecule has 3 nitrogen and oxygen atoms in total. The predicted octanol–water partition coefficient (Wildman–Crippen LogP) is 1.36. The van der Waals surface area contributed by atoms with Crippen LogP contribution in [0, 0.1) is 0 Å². The number of rotatable bonds is 3. The quantitative estimate of drug-likeness (QED) is 0.763. The minimum Gasteiger partial charge on any atom is -0.389 e. The van der Waals surface area contributed by atoms with Crippen LogP contribution in [0.4, 0.5) is 0 Å². The van der Waals surface area contributed by atoms with Gasteiger partial charge in [-0.15, -0.1) is 0 Å². The van der Waals surface area contributed by atoms with Crippen LogP contribution in [0.25, 0.3) is 0 Å². The molecular formula is C13H26N2O. The maximum absolute atomic E-state index is 9.96. The van der Waals surface area contributed by atoms with Crippen molar-refractivity contribution in [2.45, 2.75) is 63.6 Å². The molecule has 0 aliphatic carbocycles. The minimum atomic E-state index is -0.450. The number of nitrogens with one attached hydrogen (secondary N) is 1. The molecule has 2 N–H and O–H groups in total. The van der Waals surface area contributed by atoms with Gasteiger partial charge in [-0.1, -0.05) is 6.42 Å². The molecule has 0 radical (unpaired) electrons. The Balaban J connectivity index is 1.77. The molecule has 2 aliphatic rings. The lowest BCUT2D eigenvalue weighted by Gasteiger charge is -2.31. The predicted molar refractivity (Wildman–Crippen MR) is 66.5 cm³/mol. The third-order valence-electron chi connectivity index (χ3n) is 4.14. The Bertz CT molecular complexity index is 224. The lowest BCUT2D eigenvalue weighted by molar-refractivity contribution is 0.0615. The van der Waals surface area contributed by atoms with Crippen LogP contribution in [-0.4, -0.2) is 47.3 Å². The van der Waals surface area contributed by atoms with Crippen molar-refractivity contribution < 1.29 is 5.11 Å². The fourth-order valence-electron chi connectivity index (χ4n) is 3.04. The summed E-state index contributed by atoms with van der Waals surface area (Å²) in [5, 5.41) is 13.6. The monoisotopic (exact) mass is 226 g/mol. The zero-order valence-electron chi connectivity index (χ0n) is 10.7. The average Bonchev–Trinajstić information content (AvgIpc) is 2.60. The van der Waals surface area contributed by atoms with E-state index < -0.39 is 5.60 Å². The molecule has 2 fully saturated rings. The Hall–Kier alpha value is -0.120. The number of aliphatic hydroxyl groups is 1. The Labute approximate surface area is 99.2 Å². The molecule has 2 saturated heterocycles. The van der Waals surface area contributed by atoms with Gasteiger partial charge in [-0.05, 0) is 46.1 Å². The van der Waals surface area contributed by atoms with E-state index in [1.54, 1.807) is 0 Å². The molecule has 0 aromatic heterocycles. The molecule has 0 aromatic rings. The van der Waals surface area contributed by atoms with Crippen LogP contribution in [0.2, 0.25) is 0 Å². The Morgan fingerprint density at radius 3 is 2.88 bits per heavy atom. The van der Waals surface area contributed by atoms with Gasteiger partial charge < -0.3 is 10.4 Å². The van der Waals surface area contributed by atoms with E-state index in [0.29, 0.717) is 12.1 Å². The highest BCUT2D eigenvalue weighted by Gasteiger charge is 2.34. The normalized spacial score (nSPS) is 38.8. The standard InChI is InChI=1S/C13H26N2O/c1-11(9-12-5-3-4-7-14-12)15-8-6-13(2,16)10-15/h11-12,14,16H,3-10H2,1-2H3. The molecule has 0 saturated carbocycles. The van der Waals surface area contributed by atoms with Crippen molar-refractivity contribution in [2.75, 3.05) is 19.6 Å². The summed E-state index contributed by atoms with van der Waals surface area (Å²) in [6, 6.07) is 1.30. The van der Waals surface area contributed by atoms with Crippen LogP contribution >= 0.6 is 0 Å². The summed E-state index contributed by atoms with van der Waals surface area (Å²) in [5.41, 5.74) is -0.450. The molecule has 2 aliphatic heterocycles. The van der Waals surface area contributed by atoms with E-state index in [1.165, 1.54) is 32.2 Å².